The smallest absolute Gasteiger partial charge is 0.335 e. The summed E-state index contributed by atoms with van der Waals surface area (Å²) >= 11 is 2.34. The lowest BCUT2D eigenvalue weighted by molar-refractivity contribution is -0.385. The van der Waals surface area contributed by atoms with Crippen molar-refractivity contribution in [2.24, 2.45) is 0 Å². The first-order valence-electron chi connectivity index (χ1n) is 5.39. The molecule has 0 spiro atoms. The van der Waals surface area contributed by atoms with E-state index in [-0.39, 0.29) is 11.3 Å². The van der Waals surface area contributed by atoms with E-state index in [4.69, 9.17) is 5.11 Å². The van der Waals surface area contributed by atoms with E-state index in [1.807, 2.05) is 0 Å². The molecule has 7 nitrogen and oxygen atoms in total. The number of aromatic carboxylic acids is 1. The van der Waals surface area contributed by atoms with Crippen LogP contribution in [-0.2, 0) is 0 Å². The zero-order valence-corrected chi connectivity index (χ0v) is 12.1. The second kappa shape index (κ2) is 5.55. The number of rotatable bonds is 4. The topological polar surface area (TPSA) is 106 Å². The van der Waals surface area contributed by atoms with E-state index in [2.05, 4.69) is 9.36 Å². The fourth-order valence-electron chi connectivity index (χ4n) is 1.51. The van der Waals surface area contributed by atoms with Gasteiger partial charge in [-0.3, -0.25) is 10.1 Å². The van der Waals surface area contributed by atoms with Crippen molar-refractivity contribution in [1.29, 1.82) is 0 Å². The van der Waals surface area contributed by atoms with Gasteiger partial charge < -0.3 is 5.11 Å². The van der Waals surface area contributed by atoms with Gasteiger partial charge in [0.2, 0.25) is 0 Å². The molecular formula is C11H9N3O4S2. The van der Waals surface area contributed by atoms with Crippen molar-refractivity contribution in [2.75, 3.05) is 0 Å². The number of nitro benzene ring substituents is 1. The molecule has 20 heavy (non-hydrogen) atoms. The van der Waals surface area contributed by atoms with Crippen molar-refractivity contribution in [3.8, 4) is 0 Å². The number of carboxylic acid groups (broad SMARTS) is 1. The van der Waals surface area contributed by atoms with Crippen LogP contribution in [0.5, 0.6) is 0 Å². The van der Waals surface area contributed by atoms with Crippen LogP contribution in [0.25, 0.3) is 0 Å². The third-order valence-corrected chi connectivity index (χ3v) is 4.47. The summed E-state index contributed by atoms with van der Waals surface area (Å²) in [5.74, 6) is -0.595. The van der Waals surface area contributed by atoms with E-state index in [9.17, 15) is 14.9 Å². The minimum absolute atomic E-state index is 0.119. The minimum atomic E-state index is -1.21. The summed E-state index contributed by atoms with van der Waals surface area (Å²) in [5.41, 5.74) is 0.0810. The number of nitrogens with zero attached hydrogens (tertiary/aromatic N) is 3. The largest absolute Gasteiger partial charge is 0.478 e. The number of aromatic nitrogens is 2. The lowest BCUT2D eigenvalue weighted by Gasteiger charge is -2.06. The van der Waals surface area contributed by atoms with Crippen molar-refractivity contribution in [3.63, 3.8) is 0 Å². The fraction of sp³-hybridized carbons (Fsp3) is 0.182. The van der Waals surface area contributed by atoms with Crippen LogP contribution in [0.2, 0.25) is 0 Å². The molecule has 104 valence electrons. The number of benzene rings is 1. The van der Waals surface area contributed by atoms with Gasteiger partial charge in [0.1, 0.15) is 5.82 Å². The maximum atomic E-state index is 11.0. The lowest BCUT2D eigenvalue weighted by Crippen LogP contribution is -2.01. The van der Waals surface area contributed by atoms with Gasteiger partial charge >= 0.3 is 5.97 Å². The van der Waals surface area contributed by atoms with Crippen LogP contribution in [0.15, 0.2) is 21.4 Å². The summed E-state index contributed by atoms with van der Waals surface area (Å²) in [7, 11) is 0. The summed E-state index contributed by atoms with van der Waals surface area (Å²) in [6, 6.07) is 2.47. The second-order valence-corrected chi connectivity index (χ2v) is 5.93. The molecular weight excluding hydrogens is 302 g/mol. The van der Waals surface area contributed by atoms with Gasteiger partial charge in [-0.2, -0.15) is 4.37 Å². The Morgan fingerprint density at radius 2 is 2.15 bits per heavy atom. The molecule has 0 aliphatic carbocycles. The minimum Gasteiger partial charge on any atom is -0.478 e. The number of hydrogen-bond acceptors (Lipinski definition) is 7. The molecule has 0 amide bonds. The molecule has 0 saturated carbocycles. The highest BCUT2D eigenvalue weighted by Gasteiger charge is 2.20. The van der Waals surface area contributed by atoms with Crippen molar-refractivity contribution in [2.45, 2.75) is 23.1 Å². The van der Waals surface area contributed by atoms with Gasteiger partial charge in [-0.15, -0.1) is 0 Å². The highest BCUT2D eigenvalue weighted by Crippen LogP contribution is 2.36. The lowest BCUT2D eigenvalue weighted by atomic mass is 10.1. The Morgan fingerprint density at radius 3 is 2.65 bits per heavy atom. The highest BCUT2D eigenvalue weighted by atomic mass is 32.2. The molecule has 2 aromatic rings. The molecule has 0 bridgehead atoms. The van der Waals surface area contributed by atoms with E-state index < -0.39 is 10.9 Å². The van der Waals surface area contributed by atoms with Gasteiger partial charge in [0.05, 0.1) is 10.5 Å². The first kappa shape index (κ1) is 14.4. The Kier molecular flexibility index (Phi) is 4.00. The van der Waals surface area contributed by atoms with Gasteiger partial charge in [-0.05, 0) is 31.4 Å². The molecule has 0 aliphatic heterocycles. The summed E-state index contributed by atoms with van der Waals surface area (Å²) in [6.07, 6.45) is 0. The molecule has 0 aliphatic rings. The number of hydrogen-bond donors (Lipinski definition) is 1. The number of carboxylic acids is 1. The number of carbonyl (C=O) groups is 1. The predicted octanol–water partition coefficient (Wildman–Crippen LogP) is 2.91. The zero-order valence-electron chi connectivity index (χ0n) is 10.5. The van der Waals surface area contributed by atoms with Gasteiger partial charge in [0, 0.05) is 16.5 Å². The quantitative estimate of drug-likeness (QED) is 0.683. The molecule has 0 unspecified atom stereocenters. The van der Waals surface area contributed by atoms with Crippen LogP contribution in [0.3, 0.4) is 0 Å². The third-order valence-electron chi connectivity index (χ3n) is 2.48. The molecule has 0 atom stereocenters. The van der Waals surface area contributed by atoms with Gasteiger partial charge in [0.25, 0.3) is 5.69 Å². The Balaban J connectivity index is 2.50. The first-order valence-corrected chi connectivity index (χ1v) is 6.98. The van der Waals surface area contributed by atoms with Crippen LogP contribution in [0.4, 0.5) is 5.69 Å². The first-order chi connectivity index (χ1) is 9.38. The standard InChI is InChI=1S/C11H9N3O4S2/c1-5-8(14(17)18)3-7(10(15)16)4-9(5)19-11-12-6(2)13-20-11/h3-4H,1-2H3,(H,15,16). The molecule has 1 aromatic heterocycles. The summed E-state index contributed by atoms with van der Waals surface area (Å²) in [4.78, 5) is 26.1. The predicted molar refractivity (Wildman–Crippen MR) is 73.6 cm³/mol. The molecule has 1 heterocycles. The summed E-state index contributed by atoms with van der Waals surface area (Å²) in [6.45, 7) is 3.32. The molecule has 2 rings (SSSR count). The maximum Gasteiger partial charge on any atom is 0.335 e. The van der Waals surface area contributed by atoms with Gasteiger partial charge in [-0.25, -0.2) is 9.78 Å². The molecule has 1 aromatic carbocycles. The van der Waals surface area contributed by atoms with Crippen LogP contribution >= 0.6 is 23.3 Å². The Hall–Kier alpha value is -2.00. The zero-order chi connectivity index (χ0) is 14.9. The highest BCUT2D eigenvalue weighted by molar-refractivity contribution is 8.01. The molecule has 0 fully saturated rings. The summed E-state index contributed by atoms with van der Waals surface area (Å²) < 4.78 is 4.63. The fourth-order valence-corrected chi connectivity index (χ4v) is 3.27. The molecule has 0 radical (unpaired) electrons. The number of aryl methyl sites for hydroxylation is 1. The van der Waals surface area contributed by atoms with Crippen LogP contribution < -0.4 is 0 Å². The average Bonchev–Trinajstić information content (AvgIpc) is 2.76. The van der Waals surface area contributed by atoms with Gasteiger partial charge in [-0.1, -0.05) is 11.8 Å². The van der Waals surface area contributed by atoms with E-state index in [0.717, 1.165) is 6.07 Å². The second-order valence-electron chi connectivity index (χ2n) is 3.89. The van der Waals surface area contributed by atoms with Crippen LogP contribution in [0, 0.1) is 24.0 Å². The molecule has 0 saturated heterocycles. The van der Waals surface area contributed by atoms with Gasteiger partial charge in [0.15, 0.2) is 4.34 Å². The van der Waals surface area contributed by atoms with Crippen LogP contribution in [0.1, 0.15) is 21.7 Å². The van der Waals surface area contributed by atoms with E-state index in [1.165, 1.54) is 29.4 Å². The molecule has 9 heteroatoms. The normalized spacial score (nSPS) is 10.5. The van der Waals surface area contributed by atoms with Crippen molar-refractivity contribution in [3.05, 3.63) is 39.2 Å². The SMILES string of the molecule is Cc1nsc(Sc2cc(C(=O)O)cc([N+](=O)[O-])c2C)n1. The Bertz CT molecular complexity index is 699. The summed E-state index contributed by atoms with van der Waals surface area (Å²) in [5, 5.41) is 20.0. The van der Waals surface area contributed by atoms with E-state index in [0.29, 0.717) is 20.6 Å². The van der Waals surface area contributed by atoms with Crippen molar-refractivity contribution >= 4 is 35.0 Å². The Labute approximate surface area is 122 Å². The monoisotopic (exact) mass is 311 g/mol. The van der Waals surface area contributed by atoms with Crippen LogP contribution in [-0.4, -0.2) is 25.4 Å². The van der Waals surface area contributed by atoms with Crippen molar-refractivity contribution < 1.29 is 14.8 Å². The average molecular weight is 311 g/mol. The van der Waals surface area contributed by atoms with E-state index in [1.54, 1.807) is 13.8 Å². The molecule has 1 N–H and O–H groups in total. The van der Waals surface area contributed by atoms with Crippen molar-refractivity contribution in [1.82, 2.24) is 9.36 Å². The third kappa shape index (κ3) is 2.94. The number of nitro groups is 1. The maximum absolute atomic E-state index is 11.0. The Morgan fingerprint density at radius 1 is 1.45 bits per heavy atom. The van der Waals surface area contributed by atoms with E-state index >= 15 is 0 Å².